The summed E-state index contributed by atoms with van der Waals surface area (Å²) >= 11 is 0. The van der Waals surface area contributed by atoms with Crippen LogP contribution >= 0.6 is 0 Å². The molecule has 0 fully saturated rings. The van der Waals surface area contributed by atoms with Gasteiger partial charge in [-0.25, -0.2) is 9.79 Å². The van der Waals surface area contributed by atoms with E-state index in [2.05, 4.69) is 10.3 Å². The lowest BCUT2D eigenvalue weighted by Crippen LogP contribution is -2.34. The van der Waals surface area contributed by atoms with Gasteiger partial charge < -0.3 is 36.1 Å². The fourth-order valence-electron chi connectivity index (χ4n) is 3.26. The van der Waals surface area contributed by atoms with Crippen LogP contribution in [-0.4, -0.2) is 41.2 Å². The maximum Gasteiger partial charge on any atom is 0.330 e. The van der Waals surface area contributed by atoms with Crippen LogP contribution in [0.4, 0.5) is 17.1 Å². The number of carbonyl (C=O) groups excluding carboxylic acids is 1. The van der Waals surface area contributed by atoms with Crippen molar-refractivity contribution in [1.29, 1.82) is 0 Å². The molecule has 6 N–H and O–H groups in total. The minimum atomic E-state index is -1.11. The zero-order valence-electron chi connectivity index (χ0n) is 22.5. The summed E-state index contributed by atoms with van der Waals surface area (Å²) in [6, 6.07) is 8.68. The number of esters is 1. The molecule has 0 bridgehead atoms. The van der Waals surface area contributed by atoms with Gasteiger partial charge in [0.05, 0.1) is 24.1 Å². The van der Waals surface area contributed by atoms with Crippen molar-refractivity contribution in [3.8, 4) is 11.5 Å². The SMILES string of the molecule is CCOc1cc(C(Nc2ccc(N)c(N=C(N)C(C)C(=O)OC(C)(C)C)c2)C(=O)O)ccc1OC(C)C. The number of nitrogens with two attached hydrogens (primary N) is 2. The van der Waals surface area contributed by atoms with Gasteiger partial charge in [0.25, 0.3) is 0 Å². The Kier molecular flexibility index (Phi) is 9.76. The van der Waals surface area contributed by atoms with Crippen LogP contribution in [0.15, 0.2) is 41.4 Å². The Hall–Kier alpha value is -3.95. The van der Waals surface area contributed by atoms with Crippen LogP contribution in [0.1, 0.15) is 60.1 Å². The van der Waals surface area contributed by atoms with Crippen LogP contribution in [-0.2, 0) is 14.3 Å². The second-order valence-corrected chi connectivity index (χ2v) is 9.79. The van der Waals surface area contributed by atoms with E-state index in [-0.39, 0.29) is 17.6 Å². The Morgan fingerprint density at radius 2 is 1.76 bits per heavy atom. The van der Waals surface area contributed by atoms with Crippen LogP contribution < -0.4 is 26.3 Å². The van der Waals surface area contributed by atoms with Crippen molar-refractivity contribution in [1.82, 2.24) is 0 Å². The first-order chi connectivity index (χ1) is 17.2. The summed E-state index contributed by atoms with van der Waals surface area (Å²) in [4.78, 5) is 28.9. The number of nitrogen functional groups attached to an aromatic ring is 1. The molecule has 2 aromatic rings. The summed E-state index contributed by atoms with van der Waals surface area (Å²) in [7, 11) is 0. The fourth-order valence-corrected chi connectivity index (χ4v) is 3.26. The van der Waals surface area contributed by atoms with Crippen LogP contribution in [0.2, 0.25) is 0 Å². The second kappa shape index (κ2) is 12.3. The Morgan fingerprint density at radius 1 is 1.08 bits per heavy atom. The van der Waals surface area contributed by atoms with E-state index >= 15 is 0 Å². The minimum Gasteiger partial charge on any atom is -0.490 e. The maximum atomic E-state index is 12.4. The number of hydrogen-bond acceptors (Lipinski definition) is 8. The summed E-state index contributed by atoms with van der Waals surface area (Å²) in [5.41, 5.74) is 13.0. The first kappa shape index (κ1) is 29.3. The van der Waals surface area contributed by atoms with E-state index in [4.69, 9.17) is 25.7 Å². The number of aliphatic carboxylic acids is 1. The summed E-state index contributed by atoms with van der Waals surface area (Å²) in [6.07, 6.45) is -0.0716. The molecule has 0 aliphatic rings. The number of nitrogens with zero attached hydrogens (tertiary/aromatic N) is 1. The number of anilines is 2. The maximum absolute atomic E-state index is 12.4. The van der Waals surface area contributed by atoms with Crippen molar-refractivity contribution in [2.24, 2.45) is 16.6 Å². The van der Waals surface area contributed by atoms with Gasteiger partial charge >= 0.3 is 11.9 Å². The number of aliphatic imine (C=N–C) groups is 1. The summed E-state index contributed by atoms with van der Waals surface area (Å²) in [6.45, 7) is 12.9. The van der Waals surface area contributed by atoms with Crippen LogP contribution in [0.3, 0.4) is 0 Å². The van der Waals surface area contributed by atoms with Crippen molar-refractivity contribution in [2.45, 2.75) is 66.2 Å². The molecule has 0 saturated heterocycles. The van der Waals surface area contributed by atoms with Gasteiger partial charge in [-0.3, -0.25) is 4.79 Å². The van der Waals surface area contributed by atoms with Gasteiger partial charge in [-0.05, 0) is 84.4 Å². The third-order valence-electron chi connectivity index (χ3n) is 5.01. The Morgan fingerprint density at radius 3 is 2.32 bits per heavy atom. The Balaban J connectivity index is 2.35. The normalized spacial score (nSPS) is 13.6. The molecule has 0 aromatic heterocycles. The smallest absolute Gasteiger partial charge is 0.330 e. The molecule has 2 aromatic carbocycles. The Bertz CT molecular complexity index is 1140. The third kappa shape index (κ3) is 8.59. The topological polar surface area (TPSA) is 158 Å². The highest BCUT2D eigenvalue weighted by Crippen LogP contribution is 2.34. The average Bonchev–Trinajstić information content (AvgIpc) is 2.78. The predicted octanol–water partition coefficient (Wildman–Crippen LogP) is 4.66. The highest BCUT2D eigenvalue weighted by molar-refractivity contribution is 6.01. The van der Waals surface area contributed by atoms with Gasteiger partial charge in [0, 0.05) is 5.69 Å². The van der Waals surface area contributed by atoms with Crippen LogP contribution in [0, 0.1) is 5.92 Å². The molecule has 0 aliphatic carbocycles. The summed E-state index contributed by atoms with van der Waals surface area (Å²) < 4.78 is 16.8. The molecule has 202 valence electrons. The number of benzene rings is 2. The quantitative estimate of drug-likeness (QED) is 0.145. The van der Waals surface area contributed by atoms with Crippen molar-refractivity contribution in [3.05, 3.63) is 42.0 Å². The molecule has 0 heterocycles. The third-order valence-corrected chi connectivity index (χ3v) is 5.01. The monoisotopic (exact) mass is 514 g/mol. The van der Waals surface area contributed by atoms with Crippen molar-refractivity contribution >= 4 is 34.8 Å². The lowest BCUT2D eigenvalue weighted by Gasteiger charge is -2.22. The molecule has 0 aliphatic heterocycles. The number of rotatable bonds is 11. The summed E-state index contributed by atoms with van der Waals surface area (Å²) in [5, 5.41) is 13.0. The van der Waals surface area contributed by atoms with E-state index in [0.29, 0.717) is 35.0 Å². The van der Waals surface area contributed by atoms with E-state index in [0.717, 1.165) is 0 Å². The molecular formula is C27H38N4O6. The largest absolute Gasteiger partial charge is 0.490 e. The van der Waals surface area contributed by atoms with Crippen LogP contribution in [0.5, 0.6) is 11.5 Å². The molecule has 10 heteroatoms. The van der Waals surface area contributed by atoms with E-state index < -0.39 is 29.5 Å². The van der Waals surface area contributed by atoms with Crippen LogP contribution in [0.25, 0.3) is 0 Å². The number of ether oxygens (including phenoxy) is 3. The van der Waals surface area contributed by atoms with E-state index in [1.54, 1.807) is 64.1 Å². The molecule has 2 unspecified atom stereocenters. The zero-order chi connectivity index (χ0) is 27.9. The molecule has 0 spiro atoms. The molecule has 2 atom stereocenters. The van der Waals surface area contributed by atoms with E-state index in [1.807, 2.05) is 20.8 Å². The lowest BCUT2D eigenvalue weighted by molar-refractivity contribution is -0.156. The number of hydrogen-bond donors (Lipinski definition) is 4. The zero-order valence-corrected chi connectivity index (χ0v) is 22.5. The number of carboxylic acids is 1. The van der Waals surface area contributed by atoms with E-state index in [9.17, 15) is 14.7 Å². The Labute approximate surface area is 218 Å². The highest BCUT2D eigenvalue weighted by atomic mass is 16.6. The minimum absolute atomic E-state index is 0.0231. The highest BCUT2D eigenvalue weighted by Gasteiger charge is 2.25. The van der Waals surface area contributed by atoms with Gasteiger partial charge in [-0.1, -0.05) is 6.07 Å². The predicted molar refractivity (Wildman–Crippen MR) is 145 cm³/mol. The standard InChI is InChI=1S/C27H38N4O6/c1-8-35-22-13-17(9-12-21(22)36-15(2)3)23(25(32)33)30-18-10-11-19(28)20(14-18)31-24(29)16(4)26(34)37-27(5,6)7/h9-16,23,30H,8,28H2,1-7H3,(H2,29,31)(H,32,33). The van der Waals surface area contributed by atoms with Gasteiger partial charge in [-0.15, -0.1) is 0 Å². The molecular weight excluding hydrogens is 476 g/mol. The van der Waals surface area contributed by atoms with Gasteiger partial charge in [-0.2, -0.15) is 0 Å². The molecule has 2 rings (SSSR count). The molecule has 0 radical (unpaired) electrons. The molecule has 37 heavy (non-hydrogen) atoms. The molecule has 0 amide bonds. The van der Waals surface area contributed by atoms with Gasteiger partial charge in [0.2, 0.25) is 0 Å². The molecule has 10 nitrogen and oxygen atoms in total. The average molecular weight is 515 g/mol. The summed E-state index contributed by atoms with van der Waals surface area (Å²) in [5.74, 6) is -1.40. The van der Waals surface area contributed by atoms with E-state index in [1.165, 1.54) is 0 Å². The lowest BCUT2D eigenvalue weighted by atomic mass is 10.1. The first-order valence-corrected chi connectivity index (χ1v) is 12.1. The van der Waals surface area contributed by atoms with Crippen molar-refractivity contribution < 1.29 is 28.9 Å². The number of carbonyl (C=O) groups is 2. The van der Waals surface area contributed by atoms with Crippen molar-refractivity contribution in [2.75, 3.05) is 17.7 Å². The second-order valence-electron chi connectivity index (χ2n) is 9.79. The molecule has 0 saturated carbocycles. The van der Waals surface area contributed by atoms with Crippen molar-refractivity contribution in [3.63, 3.8) is 0 Å². The number of carboxylic acid groups (broad SMARTS) is 1. The number of amidine groups is 1. The van der Waals surface area contributed by atoms with Gasteiger partial charge in [0.15, 0.2) is 17.5 Å². The number of nitrogens with one attached hydrogen (secondary N) is 1. The van der Waals surface area contributed by atoms with Gasteiger partial charge in [0.1, 0.15) is 17.4 Å². The first-order valence-electron chi connectivity index (χ1n) is 12.1. The fraction of sp³-hybridized carbons (Fsp3) is 0.444.